The number of aromatic nitrogens is 2. The number of hydrogen-bond acceptors (Lipinski definition) is 8. The molecule has 0 aromatic carbocycles. The van der Waals surface area contributed by atoms with Crippen LogP contribution in [0.3, 0.4) is 0 Å². The first-order valence-electron chi connectivity index (χ1n) is 18.7. The Kier molecular flexibility index (Phi) is 12.5. The minimum absolute atomic E-state index is 0.00464. The van der Waals surface area contributed by atoms with E-state index in [-0.39, 0.29) is 30.1 Å². The highest BCUT2D eigenvalue weighted by Gasteiger charge is 2.51. The number of hydrogen-bond donors (Lipinski definition) is 4. The second-order valence-electron chi connectivity index (χ2n) is 16.6. The lowest BCUT2D eigenvalue weighted by molar-refractivity contribution is -0.146. The minimum Gasteiger partial charge on any atom is -0.347 e. The number of likely N-dealkylation sites (tertiary alicyclic amines) is 1. The van der Waals surface area contributed by atoms with E-state index in [0.29, 0.717) is 24.8 Å². The molecule has 1 unspecified atom stereocenters. The third kappa shape index (κ3) is 9.56. The monoisotopic (exact) mass is 831 g/mol. The molecule has 284 valence electrons. The number of alkyl halides is 1. The van der Waals surface area contributed by atoms with Crippen molar-refractivity contribution in [2.24, 2.45) is 23.2 Å². The molecule has 1 aromatic rings. The zero-order valence-electron chi connectivity index (χ0n) is 31.0. The van der Waals surface area contributed by atoms with Crippen molar-refractivity contribution in [3.63, 3.8) is 0 Å². The van der Waals surface area contributed by atoms with Crippen LogP contribution in [0.2, 0.25) is 0 Å². The molecule has 4 fully saturated rings. The lowest BCUT2D eigenvalue weighted by Gasteiger charge is -2.41. The van der Waals surface area contributed by atoms with Gasteiger partial charge < -0.3 is 26.2 Å². The fraction of sp³-hybridized carbons (Fsp3) is 0.684. The quantitative estimate of drug-likeness (QED) is 0.0954. The van der Waals surface area contributed by atoms with Gasteiger partial charge >= 0.3 is 0 Å². The summed E-state index contributed by atoms with van der Waals surface area (Å²) in [7, 11) is 0. The Balaban J connectivity index is 1.40. The fourth-order valence-electron chi connectivity index (χ4n) is 7.53. The molecule has 5 atom stereocenters. The molecule has 14 heteroatoms. The topological polar surface area (TPSA) is 180 Å². The second-order valence-corrected chi connectivity index (χ2v) is 18.7. The van der Waals surface area contributed by atoms with Crippen molar-refractivity contribution >= 4 is 57.9 Å². The van der Waals surface area contributed by atoms with Crippen LogP contribution >= 0.6 is 22.6 Å². The number of amides is 5. The normalized spacial score (nSPS) is 23.3. The summed E-state index contributed by atoms with van der Waals surface area (Å²) >= 11 is 2.28. The Morgan fingerprint density at radius 3 is 2.21 bits per heavy atom. The van der Waals surface area contributed by atoms with Gasteiger partial charge in [-0.15, -0.1) is 0 Å². The Hall–Kier alpha value is -3.43. The fourth-order valence-corrected chi connectivity index (χ4v) is 8.73. The summed E-state index contributed by atoms with van der Waals surface area (Å²) in [5.41, 5.74) is -0.0327. The lowest BCUT2D eigenvalue weighted by atomic mass is 9.81. The van der Waals surface area contributed by atoms with Crippen LogP contribution in [0.4, 0.5) is 0 Å². The predicted octanol–water partition coefficient (Wildman–Crippen LogP) is 3.42. The second kappa shape index (κ2) is 16.3. The van der Waals surface area contributed by atoms with Crippen LogP contribution in [0.5, 0.6) is 0 Å². The molecule has 13 nitrogen and oxygen atoms in total. The molecule has 4 N–H and O–H groups in total. The van der Waals surface area contributed by atoms with E-state index in [9.17, 15) is 28.8 Å². The van der Waals surface area contributed by atoms with Crippen LogP contribution in [-0.4, -0.2) is 90.4 Å². The maximum absolute atomic E-state index is 14.8. The van der Waals surface area contributed by atoms with Crippen molar-refractivity contribution < 1.29 is 28.8 Å². The molecule has 1 saturated heterocycles. The number of carbonyl (C=O) groups is 6. The maximum atomic E-state index is 14.8. The number of nitrogens with one attached hydrogen (secondary N) is 4. The van der Waals surface area contributed by atoms with Gasteiger partial charge in [0, 0.05) is 30.9 Å². The first-order chi connectivity index (χ1) is 24.5. The largest absolute Gasteiger partial charge is 0.347 e. The van der Waals surface area contributed by atoms with E-state index in [1.165, 1.54) is 23.5 Å². The van der Waals surface area contributed by atoms with E-state index in [4.69, 9.17) is 0 Å². The van der Waals surface area contributed by atoms with Gasteiger partial charge in [-0.3, -0.25) is 33.8 Å². The van der Waals surface area contributed by atoms with Crippen molar-refractivity contribution in [2.45, 2.75) is 132 Å². The van der Waals surface area contributed by atoms with E-state index in [1.54, 1.807) is 0 Å². The molecule has 0 radical (unpaired) electrons. The number of nitrogens with zero attached hydrogens (tertiary/aromatic N) is 3. The average molecular weight is 832 g/mol. The number of Topliss-reactive ketones (excluding diaryl/α,β-unsaturated/α-hetero) is 1. The van der Waals surface area contributed by atoms with Gasteiger partial charge in [0.15, 0.2) is 0 Å². The molecule has 1 aromatic heterocycles. The van der Waals surface area contributed by atoms with Gasteiger partial charge in [-0.1, -0.05) is 101 Å². The predicted molar refractivity (Wildman–Crippen MR) is 203 cm³/mol. The van der Waals surface area contributed by atoms with E-state index in [0.717, 1.165) is 44.9 Å². The summed E-state index contributed by atoms with van der Waals surface area (Å²) in [6.45, 7) is 13.8. The highest BCUT2D eigenvalue weighted by molar-refractivity contribution is 14.1. The van der Waals surface area contributed by atoms with Crippen molar-refractivity contribution in [3.8, 4) is 0 Å². The first kappa shape index (κ1) is 39.8. The standard InChI is InChI=1S/C38H54IN7O6/c1-21(2)27-22(3)20-46(28(27)33(49)43-25(18-23-10-11-23)29(47)34(50)42-24-12-13-24)36(52)31(37(4,5)6)45-35(51)30(38(39)14-8-7-9-15-38)44-32(48)26-19-40-16-17-41-26/h16-17,19,21,23-25,27-28,30-31H,3,7-15,18,20H2,1-2,4-6H3,(H,42,50)(H,43,49)(H,44,48)(H,45,51)/t25?,27-,28-,30+,31+/m0/s1. The molecule has 3 aliphatic carbocycles. The smallest absolute Gasteiger partial charge is 0.289 e. The molecule has 4 aliphatic rings. The third-order valence-electron chi connectivity index (χ3n) is 10.8. The van der Waals surface area contributed by atoms with E-state index >= 15 is 0 Å². The van der Waals surface area contributed by atoms with Crippen molar-refractivity contribution in [1.29, 1.82) is 0 Å². The maximum Gasteiger partial charge on any atom is 0.289 e. The molecular formula is C38H54IN7O6. The van der Waals surface area contributed by atoms with Crippen molar-refractivity contribution in [1.82, 2.24) is 36.1 Å². The first-order valence-corrected chi connectivity index (χ1v) is 19.8. The minimum atomic E-state index is -1.08. The molecular weight excluding hydrogens is 777 g/mol. The third-order valence-corrected chi connectivity index (χ3v) is 12.5. The van der Waals surface area contributed by atoms with Crippen molar-refractivity contribution in [2.75, 3.05) is 6.54 Å². The van der Waals surface area contributed by atoms with Gasteiger partial charge in [0.2, 0.25) is 23.5 Å². The number of halogens is 1. The van der Waals surface area contributed by atoms with Gasteiger partial charge in [-0.2, -0.15) is 0 Å². The van der Waals surface area contributed by atoms with Crippen LogP contribution in [0.15, 0.2) is 30.7 Å². The Morgan fingerprint density at radius 1 is 0.981 bits per heavy atom. The molecule has 5 amide bonds. The Morgan fingerprint density at radius 2 is 1.65 bits per heavy atom. The Labute approximate surface area is 320 Å². The number of rotatable bonds is 14. The van der Waals surface area contributed by atoms with Crippen molar-refractivity contribution in [3.05, 3.63) is 36.4 Å². The zero-order chi connectivity index (χ0) is 38.0. The van der Waals surface area contributed by atoms with Crippen LogP contribution in [-0.2, 0) is 24.0 Å². The van der Waals surface area contributed by atoms with Gasteiger partial charge in [0.25, 0.3) is 11.8 Å². The summed E-state index contributed by atoms with van der Waals surface area (Å²) in [6, 6.07) is -4.09. The summed E-state index contributed by atoms with van der Waals surface area (Å²) in [5.74, 6) is -3.65. The van der Waals surface area contributed by atoms with Gasteiger partial charge in [-0.05, 0) is 49.4 Å². The number of carbonyl (C=O) groups excluding carboxylic acids is 6. The van der Waals surface area contributed by atoms with Gasteiger partial charge in [-0.25, -0.2) is 4.98 Å². The van der Waals surface area contributed by atoms with Gasteiger partial charge in [0.05, 0.1) is 15.7 Å². The van der Waals surface area contributed by atoms with E-state index in [1.807, 2.05) is 34.6 Å². The Bertz CT molecular complexity index is 1550. The summed E-state index contributed by atoms with van der Waals surface area (Å²) in [4.78, 5) is 92.6. The molecule has 5 rings (SSSR count). The van der Waals surface area contributed by atoms with Crippen LogP contribution in [0, 0.1) is 23.2 Å². The summed E-state index contributed by atoms with van der Waals surface area (Å²) in [5, 5.41) is 11.6. The van der Waals surface area contributed by atoms with Crippen LogP contribution < -0.4 is 21.3 Å². The van der Waals surface area contributed by atoms with Crippen LogP contribution in [0.25, 0.3) is 0 Å². The number of ketones is 1. The van der Waals surface area contributed by atoms with E-state index < -0.39 is 74.2 Å². The van der Waals surface area contributed by atoms with Crippen LogP contribution in [0.1, 0.15) is 109 Å². The molecule has 52 heavy (non-hydrogen) atoms. The SMILES string of the molecule is C=C1CN(C(=O)[C@@H](NC(=O)[C@@H](NC(=O)c2cnccn2)C2(I)CCCCC2)C(C)(C)C)[C@H](C(=O)NC(CC2CC2)C(=O)C(=O)NC2CC2)[C@H]1C(C)C. The summed E-state index contributed by atoms with van der Waals surface area (Å²) in [6.07, 6.45) is 12.3. The lowest BCUT2D eigenvalue weighted by Crippen LogP contribution is -2.64. The summed E-state index contributed by atoms with van der Waals surface area (Å²) < 4.78 is -0.606. The highest BCUT2D eigenvalue weighted by atomic mass is 127. The van der Waals surface area contributed by atoms with E-state index in [2.05, 4.69) is 60.4 Å². The molecule has 2 heterocycles. The van der Waals surface area contributed by atoms with Gasteiger partial charge in [0.1, 0.15) is 23.8 Å². The molecule has 1 aliphatic heterocycles. The molecule has 3 saturated carbocycles. The average Bonchev–Trinajstić information content (AvgIpc) is 4.04. The molecule has 0 spiro atoms. The molecule has 0 bridgehead atoms. The zero-order valence-corrected chi connectivity index (χ0v) is 33.2. The highest BCUT2D eigenvalue weighted by Crippen LogP contribution is 2.41.